The lowest BCUT2D eigenvalue weighted by Crippen LogP contribution is -2.19. The van der Waals surface area contributed by atoms with E-state index in [2.05, 4.69) is 41.5 Å². The smallest absolute Gasteiger partial charge is 0.109 e. The van der Waals surface area contributed by atoms with Crippen LogP contribution in [0.3, 0.4) is 0 Å². The largest absolute Gasteiger partial charge is 0.316 e. The minimum absolute atomic E-state index is 0.389. The molecule has 15 heavy (non-hydrogen) atoms. The van der Waals surface area contributed by atoms with Crippen molar-refractivity contribution in [2.75, 3.05) is 0 Å². The van der Waals surface area contributed by atoms with Gasteiger partial charge in [-0.1, -0.05) is 6.92 Å². The summed E-state index contributed by atoms with van der Waals surface area (Å²) in [5.74, 6) is 0. The van der Waals surface area contributed by atoms with Crippen LogP contribution in [0.2, 0.25) is 0 Å². The van der Waals surface area contributed by atoms with Crippen LogP contribution in [0.15, 0.2) is 35.8 Å². The van der Waals surface area contributed by atoms with Gasteiger partial charge in [0, 0.05) is 11.6 Å². The maximum atomic E-state index is 4.34. The Morgan fingerprint density at radius 1 is 1.60 bits per heavy atom. The molecule has 1 unspecified atom stereocenters. The second-order valence-electron chi connectivity index (χ2n) is 3.51. The van der Waals surface area contributed by atoms with Crippen LogP contribution in [0.25, 0.3) is 0 Å². The summed E-state index contributed by atoms with van der Waals surface area (Å²) in [5, 5.41) is 6.74. The summed E-state index contributed by atoms with van der Waals surface area (Å²) in [6.45, 7) is 3.11. The zero-order valence-corrected chi connectivity index (χ0v) is 9.63. The SMILES string of the molecule is CCC(NCc1cc[cH-]c1)c1nccs1. The molecule has 0 saturated heterocycles. The predicted molar refractivity (Wildman–Crippen MR) is 64.0 cm³/mol. The zero-order valence-electron chi connectivity index (χ0n) is 8.81. The Labute approximate surface area is 94.3 Å². The number of rotatable bonds is 5. The molecule has 1 aromatic heterocycles. The monoisotopic (exact) mass is 219 g/mol. The Morgan fingerprint density at radius 2 is 2.53 bits per heavy atom. The standard InChI is InChI=1S/C12H15N2S/c1-2-11(12-13-7-8-15-12)14-9-10-5-3-4-6-10/h3-8,11,14H,2,9H2,1H3/q-1. The lowest BCUT2D eigenvalue weighted by Gasteiger charge is -2.16. The summed E-state index contributed by atoms with van der Waals surface area (Å²) >= 11 is 1.72. The first-order chi connectivity index (χ1) is 7.40. The highest BCUT2D eigenvalue weighted by Crippen LogP contribution is 2.19. The Hall–Kier alpha value is -1.06. The first kappa shape index (κ1) is 10.5. The van der Waals surface area contributed by atoms with E-state index in [0.717, 1.165) is 13.0 Å². The highest BCUT2D eigenvalue weighted by molar-refractivity contribution is 7.09. The molecule has 2 rings (SSSR count). The van der Waals surface area contributed by atoms with Crippen LogP contribution < -0.4 is 5.32 Å². The van der Waals surface area contributed by atoms with Crippen molar-refractivity contribution >= 4 is 11.3 Å². The number of aromatic nitrogens is 1. The highest BCUT2D eigenvalue weighted by atomic mass is 32.1. The van der Waals surface area contributed by atoms with Crippen molar-refractivity contribution < 1.29 is 0 Å². The minimum Gasteiger partial charge on any atom is -0.316 e. The molecule has 0 spiro atoms. The van der Waals surface area contributed by atoms with Gasteiger partial charge in [-0.05, 0) is 13.0 Å². The quantitative estimate of drug-likeness (QED) is 0.782. The molecular weight excluding hydrogens is 204 g/mol. The summed E-state index contributed by atoms with van der Waals surface area (Å²) in [6, 6.07) is 8.81. The molecule has 1 heterocycles. The predicted octanol–water partition coefficient (Wildman–Crippen LogP) is 3.10. The topological polar surface area (TPSA) is 24.9 Å². The molecule has 0 radical (unpaired) electrons. The molecule has 0 aliphatic heterocycles. The van der Waals surface area contributed by atoms with Gasteiger partial charge < -0.3 is 5.32 Å². The van der Waals surface area contributed by atoms with E-state index in [9.17, 15) is 0 Å². The van der Waals surface area contributed by atoms with Crippen LogP contribution in [-0.4, -0.2) is 4.98 Å². The van der Waals surface area contributed by atoms with Crippen LogP contribution in [-0.2, 0) is 6.54 Å². The first-order valence-corrected chi connectivity index (χ1v) is 6.11. The Kier molecular flexibility index (Phi) is 3.59. The van der Waals surface area contributed by atoms with Crippen LogP contribution in [0.4, 0.5) is 0 Å². The normalized spacial score (nSPS) is 12.9. The fraction of sp³-hybridized carbons (Fsp3) is 0.333. The number of nitrogens with zero attached hydrogens (tertiary/aromatic N) is 1. The molecule has 2 aromatic rings. The van der Waals surface area contributed by atoms with E-state index in [1.54, 1.807) is 11.3 Å². The molecule has 0 fully saturated rings. The zero-order chi connectivity index (χ0) is 10.5. The van der Waals surface area contributed by atoms with E-state index in [4.69, 9.17) is 0 Å². The van der Waals surface area contributed by atoms with Crippen molar-refractivity contribution in [1.29, 1.82) is 0 Å². The van der Waals surface area contributed by atoms with Gasteiger partial charge in [0.15, 0.2) is 0 Å². The number of nitrogens with one attached hydrogen (secondary N) is 1. The Balaban J connectivity index is 1.92. The van der Waals surface area contributed by atoms with Gasteiger partial charge in [-0.25, -0.2) is 11.1 Å². The lowest BCUT2D eigenvalue weighted by atomic mass is 10.2. The molecule has 2 nitrogen and oxygen atoms in total. The number of thiazole rings is 1. The average Bonchev–Trinajstić information content (AvgIpc) is 2.90. The summed E-state index contributed by atoms with van der Waals surface area (Å²) in [5.41, 5.74) is 1.34. The Morgan fingerprint density at radius 3 is 3.13 bits per heavy atom. The second-order valence-corrected chi connectivity index (χ2v) is 4.43. The van der Waals surface area contributed by atoms with Crippen LogP contribution in [0.5, 0.6) is 0 Å². The molecule has 1 atom stereocenters. The third kappa shape index (κ3) is 2.70. The molecule has 0 saturated carbocycles. The summed E-state index contributed by atoms with van der Waals surface area (Å²) in [4.78, 5) is 4.34. The fourth-order valence-corrected chi connectivity index (χ4v) is 2.38. The average molecular weight is 219 g/mol. The van der Waals surface area contributed by atoms with Gasteiger partial charge in [-0.2, -0.15) is 23.8 Å². The van der Waals surface area contributed by atoms with Crippen molar-refractivity contribution in [3.8, 4) is 0 Å². The van der Waals surface area contributed by atoms with E-state index >= 15 is 0 Å². The molecule has 0 aliphatic rings. The van der Waals surface area contributed by atoms with E-state index in [1.165, 1.54) is 10.6 Å². The van der Waals surface area contributed by atoms with Gasteiger partial charge >= 0.3 is 0 Å². The molecule has 1 aromatic carbocycles. The Bertz CT molecular complexity index is 364. The van der Waals surface area contributed by atoms with Gasteiger partial charge in [-0.3, -0.25) is 0 Å². The maximum Gasteiger partial charge on any atom is 0.109 e. The van der Waals surface area contributed by atoms with Crippen LogP contribution in [0, 0.1) is 0 Å². The third-order valence-electron chi connectivity index (χ3n) is 2.44. The van der Waals surface area contributed by atoms with E-state index in [0.29, 0.717) is 6.04 Å². The second kappa shape index (κ2) is 5.14. The summed E-state index contributed by atoms with van der Waals surface area (Å²) in [6.07, 6.45) is 2.95. The van der Waals surface area contributed by atoms with Gasteiger partial charge in [0.1, 0.15) is 5.01 Å². The number of hydrogen-bond acceptors (Lipinski definition) is 3. The maximum absolute atomic E-state index is 4.34. The third-order valence-corrected chi connectivity index (χ3v) is 3.33. The fourth-order valence-electron chi connectivity index (χ4n) is 1.59. The van der Waals surface area contributed by atoms with Crippen molar-refractivity contribution in [2.45, 2.75) is 25.9 Å². The van der Waals surface area contributed by atoms with Crippen molar-refractivity contribution in [3.05, 3.63) is 46.4 Å². The van der Waals surface area contributed by atoms with E-state index in [-0.39, 0.29) is 0 Å². The lowest BCUT2D eigenvalue weighted by molar-refractivity contribution is 0.517. The van der Waals surface area contributed by atoms with Gasteiger partial charge in [0.05, 0.1) is 6.04 Å². The summed E-state index contributed by atoms with van der Waals surface area (Å²) < 4.78 is 0. The first-order valence-electron chi connectivity index (χ1n) is 5.23. The molecule has 0 bridgehead atoms. The van der Waals surface area contributed by atoms with Gasteiger partial charge in [0.25, 0.3) is 0 Å². The van der Waals surface area contributed by atoms with Crippen molar-refractivity contribution in [3.63, 3.8) is 0 Å². The molecular formula is C12H15N2S-. The molecule has 1 N–H and O–H groups in total. The molecule has 0 amide bonds. The highest BCUT2D eigenvalue weighted by Gasteiger charge is 2.09. The molecule has 3 heteroatoms. The van der Waals surface area contributed by atoms with Crippen LogP contribution >= 0.6 is 11.3 Å². The van der Waals surface area contributed by atoms with Crippen molar-refractivity contribution in [2.24, 2.45) is 0 Å². The molecule has 0 aliphatic carbocycles. The van der Waals surface area contributed by atoms with Gasteiger partial charge in [0.2, 0.25) is 0 Å². The van der Waals surface area contributed by atoms with Crippen LogP contribution in [0.1, 0.15) is 30.0 Å². The minimum atomic E-state index is 0.389. The van der Waals surface area contributed by atoms with E-state index in [1.807, 2.05) is 11.6 Å². The molecule has 80 valence electrons. The number of hydrogen-bond donors (Lipinski definition) is 1. The van der Waals surface area contributed by atoms with Gasteiger partial charge in [-0.15, -0.1) is 11.3 Å². The summed E-state index contributed by atoms with van der Waals surface area (Å²) in [7, 11) is 0. The van der Waals surface area contributed by atoms with Crippen molar-refractivity contribution in [1.82, 2.24) is 10.3 Å². The van der Waals surface area contributed by atoms with E-state index < -0.39 is 0 Å².